The van der Waals surface area contributed by atoms with Crippen molar-refractivity contribution in [1.82, 2.24) is 4.90 Å². The SMILES string of the molecule is COc1ccc(COC(=O)C2=C(COc3ccc4ccc(=O)oc4c3)CS[C@@H]3[C@@H](OC)C(=O)N23)cc1. The summed E-state index contributed by atoms with van der Waals surface area (Å²) in [5, 5.41) is 0.460. The molecular weight excluding hydrogens is 486 g/mol. The molecule has 36 heavy (non-hydrogen) atoms. The van der Waals surface area contributed by atoms with Gasteiger partial charge < -0.3 is 23.4 Å². The van der Waals surface area contributed by atoms with Crippen LogP contribution in [0.4, 0.5) is 0 Å². The lowest BCUT2D eigenvalue weighted by Crippen LogP contribution is -2.65. The van der Waals surface area contributed by atoms with E-state index in [-0.39, 0.29) is 30.2 Å². The minimum Gasteiger partial charge on any atom is -0.497 e. The number of fused-ring (bicyclic) bond motifs is 2. The lowest BCUT2D eigenvalue weighted by Gasteiger charge is -2.48. The smallest absolute Gasteiger partial charge is 0.355 e. The van der Waals surface area contributed by atoms with Crippen molar-refractivity contribution in [2.75, 3.05) is 26.6 Å². The Balaban J connectivity index is 1.37. The molecule has 1 fully saturated rings. The molecule has 0 spiro atoms. The Labute approximate surface area is 210 Å². The third-order valence-electron chi connectivity index (χ3n) is 5.98. The standard InChI is InChI=1S/C26H23NO8S/c1-31-18-7-3-15(4-8-18)12-34-26(30)22-17(14-36-25-23(32-2)24(29)27(22)25)13-33-19-9-5-16-6-10-21(28)35-20(16)11-19/h3-11,23,25H,12-14H2,1-2H3/t23-,25+/m0/s1. The first-order valence-corrected chi connectivity index (χ1v) is 12.2. The number of methoxy groups -OCH3 is 2. The van der Waals surface area contributed by atoms with Crippen LogP contribution >= 0.6 is 11.8 Å². The zero-order valence-electron chi connectivity index (χ0n) is 19.6. The fourth-order valence-electron chi connectivity index (χ4n) is 4.07. The highest BCUT2D eigenvalue weighted by Crippen LogP contribution is 2.42. The largest absolute Gasteiger partial charge is 0.497 e. The van der Waals surface area contributed by atoms with E-state index in [1.165, 1.54) is 29.8 Å². The minimum absolute atomic E-state index is 0.0394. The molecule has 0 aliphatic carbocycles. The first-order chi connectivity index (χ1) is 17.5. The van der Waals surface area contributed by atoms with Gasteiger partial charge in [-0.1, -0.05) is 12.1 Å². The molecule has 186 valence electrons. The molecule has 0 saturated carbocycles. The lowest BCUT2D eigenvalue weighted by molar-refractivity contribution is -0.163. The van der Waals surface area contributed by atoms with Crippen molar-refractivity contribution in [2.45, 2.75) is 18.1 Å². The van der Waals surface area contributed by atoms with E-state index in [2.05, 4.69) is 0 Å². The number of thioether (sulfide) groups is 1. The Bertz CT molecular complexity index is 1400. The van der Waals surface area contributed by atoms with Crippen LogP contribution in [0.1, 0.15) is 5.56 Å². The maximum absolute atomic E-state index is 13.2. The summed E-state index contributed by atoms with van der Waals surface area (Å²) in [4.78, 5) is 38.9. The highest BCUT2D eigenvalue weighted by atomic mass is 32.2. The molecule has 1 aromatic heterocycles. The number of carbonyl (C=O) groups is 2. The predicted molar refractivity (Wildman–Crippen MR) is 132 cm³/mol. The van der Waals surface area contributed by atoms with Crippen LogP contribution in [0.5, 0.6) is 11.5 Å². The first kappa shape index (κ1) is 24.0. The molecule has 9 nitrogen and oxygen atoms in total. The van der Waals surface area contributed by atoms with Crippen molar-refractivity contribution in [2.24, 2.45) is 0 Å². The van der Waals surface area contributed by atoms with Crippen LogP contribution in [0.15, 0.2) is 75.1 Å². The fraction of sp³-hybridized carbons (Fsp3) is 0.269. The summed E-state index contributed by atoms with van der Waals surface area (Å²) < 4.78 is 27.2. The molecule has 1 saturated heterocycles. The van der Waals surface area contributed by atoms with Crippen LogP contribution in [-0.2, 0) is 25.7 Å². The fourth-order valence-corrected chi connectivity index (χ4v) is 5.42. The van der Waals surface area contributed by atoms with Crippen molar-refractivity contribution >= 4 is 34.6 Å². The summed E-state index contributed by atoms with van der Waals surface area (Å²) >= 11 is 1.50. The van der Waals surface area contributed by atoms with Crippen molar-refractivity contribution in [3.05, 3.63) is 81.9 Å². The summed E-state index contributed by atoms with van der Waals surface area (Å²) in [6.45, 7) is 0.0917. The third-order valence-corrected chi connectivity index (χ3v) is 7.30. The molecule has 10 heteroatoms. The zero-order chi connectivity index (χ0) is 25.2. The molecular formula is C26H23NO8S. The van der Waals surface area contributed by atoms with Gasteiger partial charge in [0.05, 0.1) is 7.11 Å². The van der Waals surface area contributed by atoms with Crippen molar-refractivity contribution in [3.63, 3.8) is 0 Å². The molecule has 2 aliphatic rings. The van der Waals surface area contributed by atoms with Crippen molar-refractivity contribution < 1.29 is 33.0 Å². The van der Waals surface area contributed by atoms with Gasteiger partial charge in [-0.15, -0.1) is 11.8 Å². The second kappa shape index (κ2) is 10.1. The Morgan fingerprint density at radius 1 is 1.03 bits per heavy atom. The molecule has 0 unspecified atom stereocenters. The number of nitrogens with zero attached hydrogens (tertiary/aromatic N) is 1. The van der Waals surface area contributed by atoms with Gasteiger partial charge in [0.2, 0.25) is 0 Å². The van der Waals surface area contributed by atoms with Gasteiger partial charge >= 0.3 is 11.6 Å². The summed E-state index contributed by atoms with van der Waals surface area (Å²) in [5.41, 5.74) is 1.52. The molecule has 0 N–H and O–H groups in total. The number of esters is 1. The minimum atomic E-state index is -0.609. The number of rotatable bonds is 8. The molecule has 2 aliphatic heterocycles. The van der Waals surface area contributed by atoms with E-state index >= 15 is 0 Å². The Morgan fingerprint density at radius 3 is 2.53 bits per heavy atom. The summed E-state index contributed by atoms with van der Waals surface area (Å²) in [7, 11) is 3.05. The normalized spacial score (nSPS) is 19.1. The van der Waals surface area contributed by atoms with E-state index in [9.17, 15) is 14.4 Å². The molecule has 2 aromatic carbocycles. The van der Waals surface area contributed by atoms with Gasteiger partial charge in [-0.05, 0) is 35.9 Å². The summed E-state index contributed by atoms with van der Waals surface area (Å²) in [5.74, 6) is 0.721. The number of carbonyl (C=O) groups excluding carboxylic acids is 2. The van der Waals surface area contributed by atoms with Crippen LogP contribution < -0.4 is 15.1 Å². The number of benzene rings is 2. The molecule has 3 heterocycles. The quantitative estimate of drug-likeness (QED) is 0.257. The topological polar surface area (TPSA) is 105 Å². The number of hydrogen-bond acceptors (Lipinski definition) is 9. The predicted octanol–water partition coefficient (Wildman–Crippen LogP) is 3.11. The van der Waals surface area contributed by atoms with Gasteiger partial charge in [0.25, 0.3) is 5.91 Å². The molecule has 0 bridgehead atoms. The van der Waals surface area contributed by atoms with Crippen molar-refractivity contribution in [1.29, 1.82) is 0 Å². The van der Waals surface area contributed by atoms with Gasteiger partial charge in [0.15, 0.2) is 6.10 Å². The van der Waals surface area contributed by atoms with Crippen LogP contribution in [0.2, 0.25) is 0 Å². The summed E-state index contributed by atoms with van der Waals surface area (Å²) in [6.07, 6.45) is -0.606. The Hall–Kier alpha value is -3.76. The maximum Gasteiger partial charge on any atom is 0.355 e. The number of hydrogen-bond donors (Lipinski definition) is 0. The van der Waals surface area contributed by atoms with Crippen molar-refractivity contribution in [3.8, 4) is 11.5 Å². The Morgan fingerprint density at radius 2 is 1.78 bits per heavy atom. The van der Waals surface area contributed by atoms with Crippen LogP contribution in [0, 0.1) is 0 Å². The first-order valence-electron chi connectivity index (χ1n) is 11.1. The summed E-state index contributed by atoms with van der Waals surface area (Å²) in [6, 6.07) is 15.3. The average molecular weight is 510 g/mol. The average Bonchev–Trinajstić information content (AvgIpc) is 2.90. The molecule has 1 amide bonds. The van der Waals surface area contributed by atoms with E-state index in [1.54, 1.807) is 55.6 Å². The van der Waals surface area contributed by atoms with Gasteiger partial charge in [0.1, 0.15) is 41.4 Å². The van der Waals surface area contributed by atoms with E-state index in [0.29, 0.717) is 28.4 Å². The second-order valence-corrected chi connectivity index (χ2v) is 9.29. The number of amides is 1. The maximum atomic E-state index is 13.2. The van der Waals surface area contributed by atoms with E-state index < -0.39 is 17.7 Å². The number of ether oxygens (including phenoxy) is 4. The Kier molecular flexibility index (Phi) is 6.71. The van der Waals surface area contributed by atoms with E-state index in [1.807, 2.05) is 0 Å². The van der Waals surface area contributed by atoms with Gasteiger partial charge in [-0.3, -0.25) is 9.69 Å². The zero-order valence-corrected chi connectivity index (χ0v) is 20.4. The second-order valence-electron chi connectivity index (χ2n) is 8.19. The lowest BCUT2D eigenvalue weighted by atomic mass is 10.1. The van der Waals surface area contributed by atoms with Gasteiger partial charge in [-0.25, -0.2) is 9.59 Å². The van der Waals surface area contributed by atoms with Gasteiger partial charge in [0, 0.05) is 36.0 Å². The van der Waals surface area contributed by atoms with Crippen LogP contribution in [0.3, 0.4) is 0 Å². The monoisotopic (exact) mass is 509 g/mol. The van der Waals surface area contributed by atoms with E-state index in [0.717, 1.165) is 10.9 Å². The van der Waals surface area contributed by atoms with Crippen LogP contribution in [-0.4, -0.2) is 54.8 Å². The highest BCUT2D eigenvalue weighted by Gasteiger charge is 2.54. The van der Waals surface area contributed by atoms with Crippen LogP contribution in [0.25, 0.3) is 11.0 Å². The molecule has 3 aromatic rings. The van der Waals surface area contributed by atoms with Gasteiger partial charge in [-0.2, -0.15) is 0 Å². The molecule has 5 rings (SSSR count). The molecule has 2 atom stereocenters. The van der Waals surface area contributed by atoms with E-state index in [4.69, 9.17) is 23.4 Å². The third kappa shape index (κ3) is 4.57. The highest BCUT2D eigenvalue weighted by molar-refractivity contribution is 8.00. The number of β-lactam (4-membered cyclic amide) rings is 1. The molecule has 0 radical (unpaired) electrons.